The van der Waals surface area contributed by atoms with Crippen LogP contribution in [0.1, 0.15) is 26.7 Å². The van der Waals surface area contributed by atoms with Crippen molar-refractivity contribution in [1.82, 2.24) is 25.3 Å². The second-order valence-electron chi connectivity index (χ2n) is 8.31. The number of rotatable bonds is 5. The molecule has 0 spiro atoms. The van der Waals surface area contributed by atoms with Gasteiger partial charge in [-0.25, -0.2) is 4.79 Å². The lowest BCUT2D eigenvalue weighted by Crippen LogP contribution is -2.59. The van der Waals surface area contributed by atoms with Crippen LogP contribution in [-0.2, 0) is 0 Å². The Labute approximate surface area is 146 Å². The summed E-state index contributed by atoms with van der Waals surface area (Å²) in [6.45, 7) is 13.3. The number of likely N-dealkylation sites (N-methyl/N-ethyl adjacent to an activating group) is 1. The maximum Gasteiger partial charge on any atom is 0.315 e. The second kappa shape index (κ2) is 8.02. The second-order valence-corrected chi connectivity index (χ2v) is 8.31. The Hall–Kier alpha value is -0.850. The molecule has 0 aromatic carbocycles. The van der Waals surface area contributed by atoms with Crippen LogP contribution >= 0.6 is 0 Å². The molecule has 4 fully saturated rings. The predicted molar refractivity (Wildman–Crippen MR) is 97.2 cm³/mol. The third kappa shape index (κ3) is 4.61. The molecule has 6 nitrogen and oxygen atoms in total. The highest BCUT2D eigenvalue weighted by Crippen LogP contribution is 2.36. The summed E-state index contributed by atoms with van der Waals surface area (Å²) < 4.78 is 0. The molecule has 24 heavy (non-hydrogen) atoms. The number of carbonyl (C=O) groups excluding carboxylic acids is 1. The summed E-state index contributed by atoms with van der Waals surface area (Å²) >= 11 is 0. The van der Waals surface area contributed by atoms with Crippen molar-refractivity contribution in [2.45, 2.75) is 38.8 Å². The van der Waals surface area contributed by atoms with E-state index in [0.29, 0.717) is 6.04 Å². The predicted octanol–water partition coefficient (Wildman–Crippen LogP) is 0.652. The van der Waals surface area contributed by atoms with E-state index in [1.165, 1.54) is 58.7 Å². The van der Waals surface area contributed by atoms with Crippen molar-refractivity contribution in [3.63, 3.8) is 0 Å². The third-order valence-corrected chi connectivity index (χ3v) is 6.02. The van der Waals surface area contributed by atoms with Crippen molar-refractivity contribution >= 4 is 6.03 Å². The van der Waals surface area contributed by atoms with Crippen molar-refractivity contribution in [3.05, 3.63) is 0 Å². The summed E-state index contributed by atoms with van der Waals surface area (Å²) in [4.78, 5) is 19.5. The standard InChI is InChI=1S/C18H35N5O/c1-14(2)20-18(24)19-11-17-10-15-4-5-23(17)13-16(15)12-22-8-6-21(3)7-9-22/h14-17H,4-13H2,1-3H3,(H2,19,20,24). The number of piperidine rings is 3. The monoisotopic (exact) mass is 337 g/mol. The normalized spacial score (nSPS) is 34.5. The average molecular weight is 338 g/mol. The van der Waals surface area contributed by atoms with Crippen molar-refractivity contribution in [2.75, 3.05) is 59.4 Å². The average Bonchev–Trinajstić information content (AvgIpc) is 2.55. The summed E-state index contributed by atoms with van der Waals surface area (Å²) in [6.07, 6.45) is 2.59. The maximum absolute atomic E-state index is 11.8. The van der Waals surface area contributed by atoms with E-state index in [4.69, 9.17) is 0 Å². The van der Waals surface area contributed by atoms with Crippen molar-refractivity contribution in [1.29, 1.82) is 0 Å². The topological polar surface area (TPSA) is 50.9 Å². The number of nitrogens with zero attached hydrogens (tertiary/aromatic N) is 3. The van der Waals surface area contributed by atoms with Crippen molar-refractivity contribution in [2.24, 2.45) is 11.8 Å². The molecule has 138 valence electrons. The van der Waals surface area contributed by atoms with Crippen molar-refractivity contribution < 1.29 is 4.79 Å². The lowest BCUT2D eigenvalue weighted by atomic mass is 9.75. The Balaban J connectivity index is 1.43. The number of fused-ring (bicyclic) bond motifs is 3. The minimum Gasteiger partial charge on any atom is -0.337 e. The highest BCUT2D eigenvalue weighted by Gasteiger charge is 2.40. The molecule has 4 saturated heterocycles. The van der Waals surface area contributed by atoms with E-state index < -0.39 is 0 Å². The van der Waals surface area contributed by atoms with Gasteiger partial charge in [0.2, 0.25) is 0 Å². The third-order valence-electron chi connectivity index (χ3n) is 6.02. The van der Waals surface area contributed by atoms with E-state index in [1.54, 1.807) is 0 Å². The molecule has 0 radical (unpaired) electrons. The van der Waals surface area contributed by atoms with Crippen LogP contribution in [0.3, 0.4) is 0 Å². The molecule has 6 heteroatoms. The van der Waals surface area contributed by atoms with Crippen LogP contribution < -0.4 is 10.6 Å². The van der Waals surface area contributed by atoms with Crippen LogP contribution in [0.5, 0.6) is 0 Å². The Morgan fingerprint density at radius 3 is 2.54 bits per heavy atom. The van der Waals surface area contributed by atoms with Gasteiger partial charge in [0.15, 0.2) is 0 Å². The molecule has 2 amide bonds. The molecule has 4 heterocycles. The van der Waals surface area contributed by atoms with E-state index in [1.807, 2.05) is 13.8 Å². The molecule has 0 aliphatic carbocycles. The van der Waals surface area contributed by atoms with E-state index in [0.717, 1.165) is 18.4 Å². The number of hydrogen-bond donors (Lipinski definition) is 2. The van der Waals surface area contributed by atoms with Crippen molar-refractivity contribution in [3.8, 4) is 0 Å². The minimum absolute atomic E-state index is 0.0263. The molecule has 0 aromatic heterocycles. The van der Waals surface area contributed by atoms with Gasteiger partial charge in [-0.3, -0.25) is 4.90 Å². The van der Waals surface area contributed by atoms with Gasteiger partial charge in [0.1, 0.15) is 0 Å². The smallest absolute Gasteiger partial charge is 0.315 e. The number of hydrogen-bond acceptors (Lipinski definition) is 4. The lowest BCUT2D eigenvalue weighted by Gasteiger charge is -2.51. The summed E-state index contributed by atoms with van der Waals surface area (Å²) in [7, 11) is 2.22. The zero-order chi connectivity index (χ0) is 17.1. The Bertz CT molecular complexity index is 422. The zero-order valence-electron chi connectivity index (χ0n) is 15.6. The molecule has 4 unspecified atom stereocenters. The van der Waals surface area contributed by atoms with E-state index in [9.17, 15) is 4.79 Å². The fourth-order valence-corrected chi connectivity index (χ4v) is 4.55. The van der Waals surface area contributed by atoms with Gasteiger partial charge in [-0.15, -0.1) is 0 Å². The van der Waals surface area contributed by atoms with Crippen LogP contribution in [-0.4, -0.2) is 92.2 Å². The van der Waals surface area contributed by atoms with Gasteiger partial charge in [0.05, 0.1) is 0 Å². The Morgan fingerprint density at radius 1 is 1.17 bits per heavy atom. The summed E-state index contributed by atoms with van der Waals surface area (Å²) in [5.74, 6) is 1.66. The molecule has 4 rings (SSSR count). The molecular weight excluding hydrogens is 302 g/mol. The van der Waals surface area contributed by atoms with E-state index in [2.05, 4.69) is 32.4 Å². The molecular formula is C18H35N5O. The zero-order valence-corrected chi connectivity index (χ0v) is 15.6. The number of urea groups is 1. The molecule has 2 bridgehead atoms. The van der Waals surface area contributed by atoms with Gasteiger partial charge < -0.3 is 20.4 Å². The van der Waals surface area contributed by atoms with Gasteiger partial charge in [-0.05, 0) is 52.1 Å². The van der Waals surface area contributed by atoms with Gasteiger partial charge in [-0.1, -0.05) is 0 Å². The fraction of sp³-hybridized carbons (Fsp3) is 0.944. The van der Waals surface area contributed by atoms with Gasteiger partial charge in [-0.2, -0.15) is 0 Å². The number of piperazine rings is 1. The Morgan fingerprint density at radius 2 is 1.92 bits per heavy atom. The summed E-state index contributed by atoms with van der Waals surface area (Å²) in [5, 5.41) is 5.98. The van der Waals surface area contributed by atoms with Crippen LogP contribution in [0, 0.1) is 11.8 Å². The van der Waals surface area contributed by atoms with Crippen LogP contribution in [0.2, 0.25) is 0 Å². The molecule has 4 atom stereocenters. The number of amides is 2. The van der Waals surface area contributed by atoms with Crippen LogP contribution in [0.15, 0.2) is 0 Å². The molecule has 0 saturated carbocycles. The molecule has 0 aromatic rings. The van der Waals surface area contributed by atoms with Crippen LogP contribution in [0.4, 0.5) is 4.79 Å². The lowest BCUT2D eigenvalue weighted by molar-refractivity contribution is -0.0156. The highest BCUT2D eigenvalue weighted by molar-refractivity contribution is 5.74. The minimum atomic E-state index is -0.0263. The number of carbonyl (C=O) groups is 1. The number of nitrogens with one attached hydrogen (secondary N) is 2. The maximum atomic E-state index is 11.8. The molecule has 4 aliphatic rings. The fourth-order valence-electron chi connectivity index (χ4n) is 4.55. The highest BCUT2D eigenvalue weighted by atomic mass is 16.2. The SMILES string of the molecule is CC(C)NC(=O)NCC1CC2CCN1CC2CN1CCN(C)CC1. The van der Waals surface area contributed by atoms with Gasteiger partial charge in [0.25, 0.3) is 0 Å². The van der Waals surface area contributed by atoms with Crippen LogP contribution in [0.25, 0.3) is 0 Å². The molecule has 4 aliphatic heterocycles. The van der Waals surface area contributed by atoms with Gasteiger partial charge in [0, 0.05) is 57.9 Å². The van der Waals surface area contributed by atoms with E-state index in [-0.39, 0.29) is 12.1 Å². The summed E-state index contributed by atoms with van der Waals surface area (Å²) in [5.41, 5.74) is 0. The largest absolute Gasteiger partial charge is 0.337 e. The molecule has 2 N–H and O–H groups in total. The first-order valence-electron chi connectivity index (χ1n) is 9.70. The first-order valence-corrected chi connectivity index (χ1v) is 9.70. The van der Waals surface area contributed by atoms with E-state index >= 15 is 0 Å². The quantitative estimate of drug-likeness (QED) is 0.774. The summed E-state index contributed by atoms with van der Waals surface area (Å²) in [6, 6.07) is 0.702. The first-order chi connectivity index (χ1) is 11.5. The van der Waals surface area contributed by atoms with Gasteiger partial charge >= 0.3 is 6.03 Å². The Kier molecular flexibility index (Phi) is 6.00. The first kappa shape index (κ1) is 18.0.